The van der Waals surface area contributed by atoms with E-state index in [9.17, 15) is 14.0 Å². The van der Waals surface area contributed by atoms with E-state index in [1.807, 2.05) is 4.57 Å². The van der Waals surface area contributed by atoms with Crippen molar-refractivity contribution in [2.75, 3.05) is 32.7 Å². The van der Waals surface area contributed by atoms with Gasteiger partial charge in [-0.05, 0) is 50.0 Å². The summed E-state index contributed by atoms with van der Waals surface area (Å²) in [4.78, 5) is 31.6. The third-order valence-corrected chi connectivity index (χ3v) is 5.93. The Balaban J connectivity index is 1.26. The number of amides is 3. The third kappa shape index (κ3) is 5.41. The molecule has 3 N–H and O–H groups in total. The first-order chi connectivity index (χ1) is 15.1. The van der Waals surface area contributed by atoms with Crippen LogP contribution in [0.5, 0.6) is 0 Å². The number of carbonyl (C=O) groups is 2. The van der Waals surface area contributed by atoms with Gasteiger partial charge in [-0.25, -0.2) is 14.2 Å². The van der Waals surface area contributed by atoms with Gasteiger partial charge in [-0.3, -0.25) is 4.79 Å². The fourth-order valence-electron chi connectivity index (χ4n) is 4.30. The molecule has 3 amide bonds. The van der Waals surface area contributed by atoms with Crippen LogP contribution in [-0.2, 0) is 13.0 Å². The third-order valence-electron chi connectivity index (χ3n) is 5.93. The van der Waals surface area contributed by atoms with Gasteiger partial charge in [0, 0.05) is 32.6 Å². The van der Waals surface area contributed by atoms with Crippen LogP contribution in [0.15, 0.2) is 30.5 Å². The van der Waals surface area contributed by atoms with Crippen molar-refractivity contribution in [3.05, 3.63) is 53.4 Å². The molecule has 0 bridgehead atoms. The fraction of sp³-hybridized carbons (Fsp3) is 0.500. The van der Waals surface area contributed by atoms with E-state index in [4.69, 9.17) is 0 Å². The molecule has 3 heterocycles. The number of imidazole rings is 1. The van der Waals surface area contributed by atoms with Crippen LogP contribution in [-0.4, -0.2) is 59.1 Å². The molecule has 1 saturated heterocycles. The van der Waals surface area contributed by atoms with E-state index in [1.54, 1.807) is 18.3 Å². The number of halogens is 1. The van der Waals surface area contributed by atoms with Gasteiger partial charge in [0.25, 0.3) is 5.91 Å². The van der Waals surface area contributed by atoms with Crippen molar-refractivity contribution < 1.29 is 14.0 Å². The molecule has 4 rings (SSSR count). The van der Waals surface area contributed by atoms with Crippen LogP contribution < -0.4 is 16.0 Å². The molecule has 9 heteroatoms. The molecule has 2 aliphatic heterocycles. The zero-order valence-electron chi connectivity index (χ0n) is 17.6. The Kier molecular flexibility index (Phi) is 6.81. The first kappa shape index (κ1) is 21.3. The lowest BCUT2D eigenvalue weighted by Gasteiger charge is -2.18. The number of carbonyl (C=O) groups excluding carboxylic acids is 2. The molecule has 8 nitrogen and oxygen atoms in total. The van der Waals surface area contributed by atoms with Gasteiger partial charge in [-0.15, -0.1) is 0 Å². The summed E-state index contributed by atoms with van der Waals surface area (Å²) >= 11 is 0. The SMILES string of the molecule is O=C(NCc1cccc(F)c1)NC[C@H]1CCc2ncc(C(=O)NCCN3CCCC3)n21. The molecule has 0 radical (unpaired) electrons. The van der Waals surface area contributed by atoms with Crippen molar-refractivity contribution in [2.45, 2.75) is 38.3 Å². The van der Waals surface area contributed by atoms with Crippen molar-refractivity contribution in [3.8, 4) is 0 Å². The normalized spacial score (nSPS) is 18.0. The Labute approximate surface area is 181 Å². The minimum atomic E-state index is -0.329. The number of hydrogen-bond donors (Lipinski definition) is 3. The van der Waals surface area contributed by atoms with Crippen molar-refractivity contribution in [1.82, 2.24) is 30.4 Å². The topological polar surface area (TPSA) is 91.3 Å². The van der Waals surface area contributed by atoms with E-state index >= 15 is 0 Å². The Morgan fingerprint density at radius 3 is 2.81 bits per heavy atom. The summed E-state index contributed by atoms with van der Waals surface area (Å²) < 4.78 is 15.2. The predicted octanol–water partition coefficient (Wildman–Crippen LogP) is 1.83. The molecule has 2 aliphatic rings. The maximum atomic E-state index is 13.2. The first-order valence-electron chi connectivity index (χ1n) is 10.9. The van der Waals surface area contributed by atoms with Gasteiger partial charge >= 0.3 is 6.03 Å². The molecule has 0 spiro atoms. The molecule has 0 aliphatic carbocycles. The summed E-state index contributed by atoms with van der Waals surface area (Å²) in [5.41, 5.74) is 1.24. The molecule has 1 fully saturated rings. The summed E-state index contributed by atoms with van der Waals surface area (Å²) in [6.07, 6.45) is 5.68. The van der Waals surface area contributed by atoms with Gasteiger partial charge in [0.15, 0.2) is 0 Å². The summed E-state index contributed by atoms with van der Waals surface area (Å²) in [6.45, 7) is 4.33. The maximum Gasteiger partial charge on any atom is 0.315 e. The second-order valence-electron chi connectivity index (χ2n) is 8.12. The lowest BCUT2D eigenvalue weighted by Crippen LogP contribution is -2.39. The number of nitrogens with zero attached hydrogens (tertiary/aromatic N) is 3. The number of rotatable bonds is 8. The van der Waals surface area contributed by atoms with E-state index in [2.05, 4.69) is 25.8 Å². The maximum absolute atomic E-state index is 13.2. The minimum Gasteiger partial charge on any atom is -0.349 e. The van der Waals surface area contributed by atoms with Crippen LogP contribution in [0.1, 0.15) is 47.2 Å². The predicted molar refractivity (Wildman–Crippen MR) is 114 cm³/mol. The highest BCUT2D eigenvalue weighted by molar-refractivity contribution is 5.92. The number of hydrogen-bond acceptors (Lipinski definition) is 4. The summed E-state index contributed by atoms with van der Waals surface area (Å²) in [5.74, 6) is 0.418. The molecule has 1 atom stereocenters. The lowest BCUT2D eigenvalue weighted by atomic mass is 10.2. The average Bonchev–Trinajstić information content (AvgIpc) is 3.49. The van der Waals surface area contributed by atoms with Crippen molar-refractivity contribution in [2.24, 2.45) is 0 Å². The molecule has 1 aromatic carbocycles. The second-order valence-corrected chi connectivity index (χ2v) is 8.12. The standard InChI is InChI=1S/C22H29FN6O2/c23-17-5-3-4-16(12-17)13-26-22(31)27-14-18-6-7-20-25-15-19(29(18)20)21(30)24-8-11-28-9-1-2-10-28/h3-5,12,15,18H,1-2,6-11,13-14H2,(H,24,30)(H2,26,27,31)/t18-/m1/s1. The number of aromatic nitrogens is 2. The van der Waals surface area contributed by atoms with Crippen LogP contribution in [0.2, 0.25) is 0 Å². The van der Waals surface area contributed by atoms with Crippen LogP contribution >= 0.6 is 0 Å². The van der Waals surface area contributed by atoms with Crippen LogP contribution in [0.3, 0.4) is 0 Å². The molecule has 166 valence electrons. The number of likely N-dealkylation sites (tertiary alicyclic amines) is 1. The van der Waals surface area contributed by atoms with Gasteiger partial charge in [-0.1, -0.05) is 12.1 Å². The molecule has 2 aromatic rings. The quantitative estimate of drug-likeness (QED) is 0.598. The lowest BCUT2D eigenvalue weighted by molar-refractivity contribution is 0.0939. The smallest absolute Gasteiger partial charge is 0.315 e. The number of urea groups is 1. The van der Waals surface area contributed by atoms with E-state index in [1.165, 1.54) is 25.0 Å². The van der Waals surface area contributed by atoms with E-state index in [0.717, 1.165) is 38.3 Å². The largest absolute Gasteiger partial charge is 0.349 e. The van der Waals surface area contributed by atoms with E-state index in [-0.39, 0.29) is 30.3 Å². The van der Waals surface area contributed by atoms with Gasteiger partial charge in [-0.2, -0.15) is 0 Å². The highest BCUT2D eigenvalue weighted by atomic mass is 19.1. The zero-order chi connectivity index (χ0) is 21.6. The van der Waals surface area contributed by atoms with Gasteiger partial charge in [0.1, 0.15) is 17.3 Å². The summed E-state index contributed by atoms with van der Waals surface area (Å²) in [5, 5.41) is 8.59. The number of benzene rings is 1. The Bertz CT molecular complexity index is 924. The number of fused-ring (bicyclic) bond motifs is 1. The Hall–Kier alpha value is -2.94. The number of nitrogens with one attached hydrogen (secondary N) is 3. The Morgan fingerprint density at radius 1 is 1.16 bits per heavy atom. The van der Waals surface area contributed by atoms with Crippen molar-refractivity contribution in [1.29, 1.82) is 0 Å². The van der Waals surface area contributed by atoms with Gasteiger partial charge in [0.2, 0.25) is 0 Å². The molecular weight excluding hydrogens is 399 g/mol. The molecule has 0 unspecified atom stereocenters. The van der Waals surface area contributed by atoms with Crippen LogP contribution in [0, 0.1) is 5.82 Å². The highest BCUT2D eigenvalue weighted by Crippen LogP contribution is 2.26. The van der Waals surface area contributed by atoms with Gasteiger partial charge < -0.3 is 25.4 Å². The first-order valence-corrected chi connectivity index (χ1v) is 10.9. The highest BCUT2D eigenvalue weighted by Gasteiger charge is 2.28. The van der Waals surface area contributed by atoms with Crippen molar-refractivity contribution >= 4 is 11.9 Å². The molecule has 1 aromatic heterocycles. The monoisotopic (exact) mass is 428 g/mol. The van der Waals surface area contributed by atoms with Crippen LogP contribution in [0.4, 0.5) is 9.18 Å². The molecule has 31 heavy (non-hydrogen) atoms. The fourth-order valence-corrected chi connectivity index (χ4v) is 4.30. The summed E-state index contributed by atoms with van der Waals surface area (Å²) in [7, 11) is 0. The van der Waals surface area contributed by atoms with Crippen molar-refractivity contribution in [3.63, 3.8) is 0 Å². The molecule has 0 saturated carbocycles. The Morgan fingerprint density at radius 2 is 2.00 bits per heavy atom. The minimum absolute atomic E-state index is 0.0169. The van der Waals surface area contributed by atoms with E-state index < -0.39 is 0 Å². The average molecular weight is 429 g/mol. The zero-order valence-corrected chi connectivity index (χ0v) is 17.6. The number of aryl methyl sites for hydroxylation is 1. The summed E-state index contributed by atoms with van der Waals surface area (Å²) in [6, 6.07) is 5.79. The van der Waals surface area contributed by atoms with E-state index in [0.29, 0.717) is 24.3 Å². The molecular formula is C22H29FN6O2. The van der Waals surface area contributed by atoms with Crippen LogP contribution in [0.25, 0.3) is 0 Å². The second kappa shape index (κ2) is 9.91. The van der Waals surface area contributed by atoms with Gasteiger partial charge in [0.05, 0.1) is 12.2 Å².